The van der Waals surface area contributed by atoms with Gasteiger partial charge in [-0.15, -0.1) is 0 Å². The topological polar surface area (TPSA) is 78.9 Å². The van der Waals surface area contributed by atoms with Crippen molar-refractivity contribution in [3.05, 3.63) is 109 Å². The molecular weight excluding hydrogens is 985 g/mol. The molecule has 0 aliphatic heterocycles. The molecule has 458 valence electrons. The van der Waals surface area contributed by atoms with Crippen molar-refractivity contribution in [3.63, 3.8) is 0 Å². The molecule has 0 bridgehead atoms. The van der Waals surface area contributed by atoms with Crippen LogP contribution in [0.5, 0.6) is 0 Å². The van der Waals surface area contributed by atoms with Gasteiger partial charge in [-0.25, -0.2) is 0 Å². The fraction of sp³-hybridized carbons (Fsp3) is 0.716. The lowest BCUT2D eigenvalue weighted by molar-refractivity contribution is -0.167. The van der Waals surface area contributed by atoms with Crippen LogP contribution in [0.15, 0.2) is 109 Å². The first kappa shape index (κ1) is 76.1. The summed E-state index contributed by atoms with van der Waals surface area (Å²) >= 11 is 0. The Morgan fingerprint density at radius 3 is 0.787 bits per heavy atom. The molecule has 0 heterocycles. The summed E-state index contributed by atoms with van der Waals surface area (Å²) in [6.07, 6.45) is 92.7. The lowest BCUT2D eigenvalue weighted by Gasteiger charge is -2.18. The molecule has 0 spiro atoms. The highest BCUT2D eigenvalue weighted by atomic mass is 16.6. The van der Waals surface area contributed by atoms with Gasteiger partial charge in [0, 0.05) is 19.3 Å². The van der Waals surface area contributed by atoms with Crippen LogP contribution in [-0.2, 0) is 28.6 Å². The third-order valence-corrected chi connectivity index (χ3v) is 14.5. The number of carbonyl (C=O) groups excluding carboxylic acids is 3. The van der Waals surface area contributed by atoms with Crippen LogP contribution in [0.2, 0.25) is 0 Å². The summed E-state index contributed by atoms with van der Waals surface area (Å²) < 4.78 is 16.9. The minimum atomic E-state index is -0.778. The standard InChI is InChI=1S/C74H126O6/c1-4-7-10-13-16-19-21-23-25-27-29-30-31-32-33-34-35-36-37-38-39-40-41-42-43-44-46-47-49-51-53-55-58-61-64-67-73(76)79-70-71(69-78-72(75)66-63-60-57-18-15-12-9-6-3)80-74(77)68-65-62-59-56-54-52-50-48-45-28-26-24-22-20-17-14-11-8-5-2/h7,10,16-17,19-20,23-26,29-30,32-33,35-36,38-39,71H,4-6,8-9,11-15,18,21-22,27-28,31,34,37,40-70H2,1-3H3/b10-7-,19-16-,20-17-,25-23-,26-24-,30-29-,33-32-,36-35-,39-38-. The summed E-state index contributed by atoms with van der Waals surface area (Å²) in [7, 11) is 0. The minimum Gasteiger partial charge on any atom is -0.462 e. The molecule has 0 amide bonds. The molecule has 0 radical (unpaired) electrons. The Labute approximate surface area is 495 Å². The van der Waals surface area contributed by atoms with Crippen molar-refractivity contribution in [3.8, 4) is 0 Å². The fourth-order valence-corrected chi connectivity index (χ4v) is 9.45. The van der Waals surface area contributed by atoms with E-state index in [4.69, 9.17) is 14.2 Å². The molecule has 0 rings (SSSR count). The van der Waals surface area contributed by atoms with Crippen molar-refractivity contribution in [2.45, 2.75) is 329 Å². The molecule has 0 aliphatic carbocycles. The van der Waals surface area contributed by atoms with Gasteiger partial charge < -0.3 is 14.2 Å². The van der Waals surface area contributed by atoms with E-state index in [2.05, 4.69) is 130 Å². The van der Waals surface area contributed by atoms with Crippen molar-refractivity contribution in [1.29, 1.82) is 0 Å². The molecule has 0 aromatic carbocycles. The normalized spacial score (nSPS) is 12.8. The molecule has 80 heavy (non-hydrogen) atoms. The van der Waals surface area contributed by atoms with Gasteiger partial charge in [0.2, 0.25) is 0 Å². The first-order chi connectivity index (χ1) is 39.5. The maximum Gasteiger partial charge on any atom is 0.306 e. The molecule has 0 saturated heterocycles. The Morgan fingerprint density at radius 1 is 0.263 bits per heavy atom. The Kier molecular flexibility index (Phi) is 64.3. The number of ether oxygens (including phenoxy) is 3. The van der Waals surface area contributed by atoms with E-state index in [0.717, 1.165) is 109 Å². The first-order valence-electron chi connectivity index (χ1n) is 33.9. The van der Waals surface area contributed by atoms with Crippen molar-refractivity contribution < 1.29 is 28.6 Å². The van der Waals surface area contributed by atoms with Gasteiger partial charge in [-0.05, 0) is 109 Å². The highest BCUT2D eigenvalue weighted by molar-refractivity contribution is 5.71. The van der Waals surface area contributed by atoms with E-state index in [1.165, 1.54) is 173 Å². The Balaban J connectivity index is 4.09. The Hall–Kier alpha value is -3.93. The summed E-state index contributed by atoms with van der Waals surface area (Å²) in [4.78, 5) is 38.2. The van der Waals surface area contributed by atoms with Gasteiger partial charge in [-0.1, -0.05) is 304 Å². The van der Waals surface area contributed by atoms with Crippen LogP contribution in [0.25, 0.3) is 0 Å². The predicted octanol–water partition coefficient (Wildman–Crippen LogP) is 23.4. The van der Waals surface area contributed by atoms with Crippen LogP contribution in [0.3, 0.4) is 0 Å². The molecule has 6 nitrogen and oxygen atoms in total. The number of allylic oxidation sites excluding steroid dienone is 18. The lowest BCUT2D eigenvalue weighted by Crippen LogP contribution is -2.30. The van der Waals surface area contributed by atoms with Gasteiger partial charge in [0.1, 0.15) is 13.2 Å². The largest absolute Gasteiger partial charge is 0.462 e. The second kappa shape index (κ2) is 67.6. The van der Waals surface area contributed by atoms with Crippen LogP contribution < -0.4 is 0 Å². The molecule has 0 aromatic heterocycles. The van der Waals surface area contributed by atoms with E-state index in [9.17, 15) is 14.4 Å². The van der Waals surface area contributed by atoms with E-state index in [0.29, 0.717) is 19.3 Å². The maximum absolute atomic E-state index is 12.9. The number of carbonyl (C=O) groups is 3. The maximum atomic E-state index is 12.9. The molecule has 1 atom stereocenters. The summed E-state index contributed by atoms with van der Waals surface area (Å²) in [5, 5.41) is 0. The van der Waals surface area contributed by atoms with Crippen LogP contribution in [0.4, 0.5) is 0 Å². The van der Waals surface area contributed by atoms with Gasteiger partial charge in [0.25, 0.3) is 0 Å². The van der Waals surface area contributed by atoms with Crippen molar-refractivity contribution >= 4 is 17.9 Å². The van der Waals surface area contributed by atoms with Crippen molar-refractivity contribution in [1.82, 2.24) is 0 Å². The van der Waals surface area contributed by atoms with Crippen LogP contribution in [0.1, 0.15) is 323 Å². The van der Waals surface area contributed by atoms with Crippen LogP contribution in [0, 0.1) is 0 Å². The zero-order valence-electron chi connectivity index (χ0n) is 52.6. The molecule has 0 aliphatic rings. The number of hydrogen-bond acceptors (Lipinski definition) is 6. The predicted molar refractivity (Wildman–Crippen MR) is 348 cm³/mol. The second-order valence-electron chi connectivity index (χ2n) is 22.4. The van der Waals surface area contributed by atoms with Gasteiger partial charge in [0.15, 0.2) is 6.10 Å². The number of esters is 3. The van der Waals surface area contributed by atoms with E-state index < -0.39 is 6.10 Å². The van der Waals surface area contributed by atoms with Gasteiger partial charge >= 0.3 is 17.9 Å². The lowest BCUT2D eigenvalue weighted by atomic mass is 10.0. The van der Waals surface area contributed by atoms with E-state index in [1.807, 2.05) is 0 Å². The van der Waals surface area contributed by atoms with Gasteiger partial charge in [0.05, 0.1) is 0 Å². The molecule has 6 heteroatoms. The monoisotopic (exact) mass is 1110 g/mol. The highest BCUT2D eigenvalue weighted by Gasteiger charge is 2.19. The minimum absolute atomic E-state index is 0.0766. The van der Waals surface area contributed by atoms with Crippen LogP contribution in [-0.4, -0.2) is 37.2 Å². The number of unbranched alkanes of at least 4 members (excludes halogenated alkanes) is 32. The number of hydrogen-bond donors (Lipinski definition) is 0. The molecular formula is C74H126O6. The van der Waals surface area contributed by atoms with E-state index in [-0.39, 0.29) is 31.1 Å². The third kappa shape index (κ3) is 64.9. The smallest absolute Gasteiger partial charge is 0.306 e. The summed E-state index contributed by atoms with van der Waals surface area (Å²) in [6.45, 7) is 6.49. The zero-order chi connectivity index (χ0) is 57.8. The Morgan fingerprint density at radius 2 is 0.487 bits per heavy atom. The SMILES string of the molecule is CC/C=C\C/C=C\C/C=C\C/C=C\C/C=C\C/C=C\C/C=C\CCCCCCCCCCCCCCCC(=O)OCC(COC(=O)CCCCCCCCCC)OC(=O)CCCCCCCCCCC/C=C\C/C=C\CCCCC. The molecule has 0 saturated carbocycles. The Bertz CT molecular complexity index is 1610. The van der Waals surface area contributed by atoms with Gasteiger partial charge in [-0.2, -0.15) is 0 Å². The molecule has 0 aromatic rings. The van der Waals surface area contributed by atoms with E-state index >= 15 is 0 Å². The van der Waals surface area contributed by atoms with E-state index in [1.54, 1.807) is 0 Å². The average molecular weight is 1110 g/mol. The zero-order valence-corrected chi connectivity index (χ0v) is 52.6. The van der Waals surface area contributed by atoms with Gasteiger partial charge in [-0.3, -0.25) is 14.4 Å². The summed E-state index contributed by atoms with van der Waals surface area (Å²) in [5.41, 5.74) is 0. The third-order valence-electron chi connectivity index (χ3n) is 14.5. The summed E-state index contributed by atoms with van der Waals surface area (Å²) in [5.74, 6) is -0.876. The second-order valence-corrected chi connectivity index (χ2v) is 22.4. The average Bonchev–Trinajstić information content (AvgIpc) is 3.46. The van der Waals surface area contributed by atoms with Crippen LogP contribution >= 0.6 is 0 Å². The first-order valence-corrected chi connectivity index (χ1v) is 33.9. The molecule has 0 N–H and O–H groups in total. The highest BCUT2D eigenvalue weighted by Crippen LogP contribution is 2.17. The fourth-order valence-electron chi connectivity index (χ4n) is 9.45. The molecule has 1 unspecified atom stereocenters. The molecule has 0 fully saturated rings. The quantitative estimate of drug-likeness (QED) is 0.0261. The summed E-state index contributed by atoms with van der Waals surface area (Å²) in [6, 6.07) is 0. The van der Waals surface area contributed by atoms with Crippen molar-refractivity contribution in [2.24, 2.45) is 0 Å². The van der Waals surface area contributed by atoms with Crippen molar-refractivity contribution in [2.75, 3.05) is 13.2 Å². The number of rotatable bonds is 61.